The highest BCUT2D eigenvalue weighted by molar-refractivity contribution is 7.13. The van der Waals surface area contributed by atoms with Crippen LogP contribution in [0.3, 0.4) is 0 Å². The molecule has 2 fully saturated rings. The molecular formula is C22H31N3OS. The Morgan fingerprint density at radius 3 is 2.74 bits per heavy atom. The molecule has 0 radical (unpaired) electrons. The van der Waals surface area contributed by atoms with Crippen molar-refractivity contribution in [3.8, 4) is 10.6 Å². The van der Waals surface area contributed by atoms with Crippen molar-refractivity contribution in [1.29, 1.82) is 0 Å². The van der Waals surface area contributed by atoms with Crippen LogP contribution in [0.5, 0.6) is 0 Å². The maximum atomic E-state index is 5.80. The van der Waals surface area contributed by atoms with Crippen LogP contribution in [0.15, 0.2) is 35.7 Å². The second-order valence-electron chi connectivity index (χ2n) is 7.80. The number of methoxy groups -OCH3 is 1. The van der Waals surface area contributed by atoms with Crippen LogP contribution < -0.4 is 0 Å². The molecule has 5 heteroatoms. The third kappa shape index (κ3) is 4.77. The first kappa shape index (κ1) is 19.1. The minimum Gasteiger partial charge on any atom is -0.380 e. The molecule has 1 aromatic heterocycles. The molecule has 2 unspecified atom stereocenters. The molecule has 0 amide bonds. The molecule has 27 heavy (non-hydrogen) atoms. The Labute approximate surface area is 167 Å². The lowest BCUT2D eigenvalue weighted by molar-refractivity contribution is -0.00971. The molecule has 0 bridgehead atoms. The van der Waals surface area contributed by atoms with E-state index in [2.05, 4.69) is 45.5 Å². The first-order valence-electron chi connectivity index (χ1n) is 10.3. The van der Waals surface area contributed by atoms with E-state index in [1.54, 1.807) is 11.3 Å². The van der Waals surface area contributed by atoms with Crippen molar-refractivity contribution in [1.82, 2.24) is 14.8 Å². The molecule has 1 saturated carbocycles. The number of ether oxygens (including phenoxy) is 1. The molecule has 1 saturated heterocycles. The average Bonchev–Trinajstić information content (AvgIpc) is 3.07. The summed E-state index contributed by atoms with van der Waals surface area (Å²) in [7, 11) is 1.89. The summed E-state index contributed by atoms with van der Waals surface area (Å²) < 4.78 is 5.80. The van der Waals surface area contributed by atoms with Crippen molar-refractivity contribution in [2.75, 3.05) is 33.3 Å². The molecule has 4 nitrogen and oxygen atoms in total. The molecule has 1 aromatic carbocycles. The van der Waals surface area contributed by atoms with Gasteiger partial charge in [0, 0.05) is 43.7 Å². The minimum atomic E-state index is 0.428. The van der Waals surface area contributed by atoms with E-state index in [1.807, 2.05) is 7.11 Å². The van der Waals surface area contributed by atoms with Crippen LogP contribution in [0, 0.1) is 0 Å². The number of thiazole rings is 1. The van der Waals surface area contributed by atoms with E-state index in [9.17, 15) is 0 Å². The molecule has 1 aliphatic heterocycles. The highest BCUT2D eigenvalue weighted by Crippen LogP contribution is 2.27. The Kier molecular flexibility index (Phi) is 6.56. The molecule has 2 aromatic rings. The summed E-state index contributed by atoms with van der Waals surface area (Å²) in [6.07, 6.45) is 6.86. The van der Waals surface area contributed by atoms with Gasteiger partial charge in [0.05, 0.1) is 11.8 Å². The minimum absolute atomic E-state index is 0.428. The maximum Gasteiger partial charge on any atom is 0.123 e. The average molecular weight is 386 g/mol. The van der Waals surface area contributed by atoms with Crippen molar-refractivity contribution in [3.05, 3.63) is 41.4 Å². The van der Waals surface area contributed by atoms with E-state index in [-0.39, 0.29) is 0 Å². The van der Waals surface area contributed by atoms with Crippen LogP contribution >= 0.6 is 11.3 Å². The third-order valence-corrected chi connectivity index (χ3v) is 6.96. The quantitative estimate of drug-likeness (QED) is 0.768. The predicted molar refractivity (Wildman–Crippen MR) is 112 cm³/mol. The molecule has 0 spiro atoms. The zero-order valence-corrected chi connectivity index (χ0v) is 17.2. The first-order valence-corrected chi connectivity index (χ1v) is 11.2. The molecule has 2 aliphatic rings. The largest absolute Gasteiger partial charge is 0.380 e. The van der Waals surface area contributed by atoms with Gasteiger partial charge in [-0.25, -0.2) is 4.98 Å². The summed E-state index contributed by atoms with van der Waals surface area (Å²) in [5.41, 5.74) is 2.43. The van der Waals surface area contributed by atoms with Gasteiger partial charge in [0.2, 0.25) is 0 Å². The number of nitrogens with zero attached hydrogens (tertiary/aromatic N) is 3. The Morgan fingerprint density at radius 2 is 1.89 bits per heavy atom. The first-order chi connectivity index (χ1) is 13.3. The van der Waals surface area contributed by atoms with Crippen molar-refractivity contribution in [2.45, 2.75) is 50.8 Å². The van der Waals surface area contributed by atoms with Gasteiger partial charge in [-0.05, 0) is 32.4 Å². The number of hydrogen-bond acceptors (Lipinski definition) is 5. The lowest BCUT2D eigenvalue weighted by Crippen LogP contribution is -2.47. The standard InChI is InChI=1S/C22H31N3OS/c1-26-21-11-6-5-10-20(21)25-13-7-12-24(14-15-25)16-19-17-27-22(23-19)18-8-3-2-4-9-18/h2-4,8-9,17,20-21H,5-7,10-16H2,1H3. The van der Waals surface area contributed by atoms with E-state index in [0.717, 1.165) is 24.6 Å². The number of benzene rings is 1. The van der Waals surface area contributed by atoms with Crippen LogP contribution in [0.2, 0.25) is 0 Å². The molecule has 146 valence electrons. The van der Waals surface area contributed by atoms with Crippen molar-refractivity contribution >= 4 is 11.3 Å². The summed E-state index contributed by atoms with van der Waals surface area (Å²) in [4.78, 5) is 10.2. The van der Waals surface area contributed by atoms with E-state index in [1.165, 1.54) is 56.5 Å². The zero-order chi connectivity index (χ0) is 18.5. The van der Waals surface area contributed by atoms with Gasteiger partial charge in [-0.3, -0.25) is 9.80 Å². The SMILES string of the molecule is COC1CCCCC1N1CCCN(Cc2csc(-c3ccccc3)n2)CC1. The highest BCUT2D eigenvalue weighted by Gasteiger charge is 2.31. The Balaban J connectivity index is 1.34. The van der Waals surface area contributed by atoms with Crippen LogP contribution in [0.4, 0.5) is 0 Å². The smallest absolute Gasteiger partial charge is 0.123 e. The van der Waals surface area contributed by atoms with Gasteiger partial charge < -0.3 is 4.74 Å². The zero-order valence-electron chi connectivity index (χ0n) is 16.3. The Morgan fingerprint density at radius 1 is 1.04 bits per heavy atom. The van der Waals surface area contributed by atoms with E-state index in [0.29, 0.717) is 12.1 Å². The lowest BCUT2D eigenvalue weighted by atomic mass is 9.91. The van der Waals surface area contributed by atoms with Gasteiger partial charge in [0.25, 0.3) is 0 Å². The number of hydrogen-bond donors (Lipinski definition) is 0. The van der Waals surface area contributed by atoms with Gasteiger partial charge in [-0.1, -0.05) is 43.2 Å². The molecule has 0 N–H and O–H groups in total. The van der Waals surface area contributed by atoms with Crippen molar-refractivity contribution in [2.24, 2.45) is 0 Å². The fraction of sp³-hybridized carbons (Fsp3) is 0.591. The molecule has 2 atom stereocenters. The van der Waals surface area contributed by atoms with E-state index < -0.39 is 0 Å². The van der Waals surface area contributed by atoms with Gasteiger partial charge in [0.15, 0.2) is 0 Å². The summed E-state index contributed by atoms with van der Waals surface area (Å²) in [6.45, 7) is 5.62. The summed E-state index contributed by atoms with van der Waals surface area (Å²) in [5.74, 6) is 0. The number of rotatable bonds is 5. The fourth-order valence-corrected chi connectivity index (χ4v) is 5.39. The van der Waals surface area contributed by atoms with Gasteiger partial charge in [-0.15, -0.1) is 11.3 Å². The van der Waals surface area contributed by atoms with Crippen LogP contribution in [-0.2, 0) is 11.3 Å². The predicted octanol–water partition coefficient (Wildman–Crippen LogP) is 4.28. The second kappa shape index (κ2) is 9.28. The third-order valence-electron chi connectivity index (χ3n) is 6.02. The molecule has 1 aliphatic carbocycles. The van der Waals surface area contributed by atoms with Crippen LogP contribution in [0.25, 0.3) is 10.6 Å². The van der Waals surface area contributed by atoms with Crippen LogP contribution in [-0.4, -0.2) is 60.2 Å². The maximum absolute atomic E-state index is 5.80. The Hall–Kier alpha value is -1.27. The summed E-state index contributed by atoms with van der Waals surface area (Å²) >= 11 is 1.76. The van der Waals surface area contributed by atoms with Gasteiger partial charge >= 0.3 is 0 Å². The van der Waals surface area contributed by atoms with Gasteiger partial charge in [0.1, 0.15) is 5.01 Å². The van der Waals surface area contributed by atoms with E-state index >= 15 is 0 Å². The summed E-state index contributed by atoms with van der Waals surface area (Å²) in [6, 6.07) is 11.1. The van der Waals surface area contributed by atoms with Crippen molar-refractivity contribution in [3.63, 3.8) is 0 Å². The normalized spacial score (nSPS) is 25.4. The molecule has 4 rings (SSSR count). The second-order valence-corrected chi connectivity index (χ2v) is 8.66. The topological polar surface area (TPSA) is 28.6 Å². The molecular weight excluding hydrogens is 354 g/mol. The van der Waals surface area contributed by atoms with E-state index in [4.69, 9.17) is 9.72 Å². The van der Waals surface area contributed by atoms with Gasteiger partial charge in [-0.2, -0.15) is 0 Å². The Bertz CT molecular complexity index is 705. The highest BCUT2D eigenvalue weighted by atomic mass is 32.1. The van der Waals surface area contributed by atoms with Crippen LogP contribution in [0.1, 0.15) is 37.8 Å². The summed E-state index contributed by atoms with van der Waals surface area (Å²) in [5, 5.41) is 3.36. The monoisotopic (exact) mass is 385 g/mol. The molecule has 2 heterocycles. The lowest BCUT2D eigenvalue weighted by Gasteiger charge is -2.38. The fourth-order valence-electron chi connectivity index (χ4n) is 4.57. The number of aromatic nitrogens is 1. The van der Waals surface area contributed by atoms with Crippen molar-refractivity contribution < 1.29 is 4.74 Å².